The Morgan fingerprint density at radius 2 is 2.20 bits per heavy atom. The average molecular weight is 316 g/mol. The van der Waals surface area contributed by atoms with Gasteiger partial charge in [-0.15, -0.1) is 11.3 Å². The molecule has 9 heteroatoms. The molecule has 2 aliphatic heterocycles. The SMILES string of the molecule is NCc1ccc(S(=O)(=O)N2CCN3C(=O)NCC3C2)s1. The minimum Gasteiger partial charge on any atom is -0.336 e. The van der Waals surface area contributed by atoms with Gasteiger partial charge in [-0.05, 0) is 12.1 Å². The summed E-state index contributed by atoms with van der Waals surface area (Å²) < 4.78 is 26.9. The predicted molar refractivity (Wildman–Crippen MR) is 74.9 cm³/mol. The Balaban J connectivity index is 1.80. The first kappa shape index (κ1) is 13.8. The highest BCUT2D eigenvalue weighted by atomic mass is 32.2. The molecule has 0 radical (unpaired) electrons. The van der Waals surface area contributed by atoms with Gasteiger partial charge in [0.1, 0.15) is 4.21 Å². The number of piperazine rings is 1. The van der Waals surface area contributed by atoms with Gasteiger partial charge in [0.15, 0.2) is 0 Å². The molecule has 7 nitrogen and oxygen atoms in total. The van der Waals surface area contributed by atoms with Crippen molar-refractivity contribution in [3.05, 3.63) is 17.0 Å². The van der Waals surface area contributed by atoms with Gasteiger partial charge in [0, 0.05) is 37.6 Å². The minimum absolute atomic E-state index is 0.0695. The molecule has 3 heterocycles. The van der Waals surface area contributed by atoms with Crippen molar-refractivity contribution in [1.82, 2.24) is 14.5 Å². The summed E-state index contributed by atoms with van der Waals surface area (Å²) in [4.78, 5) is 14.1. The van der Waals surface area contributed by atoms with Crippen LogP contribution in [0.25, 0.3) is 0 Å². The van der Waals surface area contributed by atoms with Gasteiger partial charge in [-0.1, -0.05) is 0 Å². The van der Waals surface area contributed by atoms with Gasteiger partial charge < -0.3 is 16.0 Å². The summed E-state index contributed by atoms with van der Waals surface area (Å²) in [5, 5.41) is 2.74. The van der Waals surface area contributed by atoms with Crippen LogP contribution in [0, 0.1) is 0 Å². The van der Waals surface area contributed by atoms with E-state index in [2.05, 4.69) is 5.32 Å². The van der Waals surface area contributed by atoms with Crippen LogP contribution in [0.2, 0.25) is 0 Å². The zero-order valence-corrected chi connectivity index (χ0v) is 12.4. The summed E-state index contributed by atoms with van der Waals surface area (Å²) in [5.41, 5.74) is 5.52. The zero-order chi connectivity index (χ0) is 14.3. The van der Waals surface area contributed by atoms with E-state index in [4.69, 9.17) is 5.73 Å². The molecule has 2 fully saturated rings. The fourth-order valence-corrected chi connectivity index (χ4v) is 5.38. The lowest BCUT2D eigenvalue weighted by molar-refractivity contribution is 0.164. The first-order valence-corrected chi connectivity index (χ1v) is 8.61. The lowest BCUT2D eigenvalue weighted by Gasteiger charge is -2.35. The number of nitrogens with zero attached hydrogens (tertiary/aromatic N) is 2. The second kappa shape index (κ2) is 4.99. The van der Waals surface area contributed by atoms with Crippen LogP contribution in [-0.2, 0) is 16.6 Å². The molecular formula is C11H16N4O3S2. The van der Waals surface area contributed by atoms with E-state index in [1.54, 1.807) is 17.0 Å². The van der Waals surface area contributed by atoms with Crippen LogP contribution in [0.4, 0.5) is 4.79 Å². The summed E-state index contributed by atoms with van der Waals surface area (Å²) in [7, 11) is -3.48. The van der Waals surface area contributed by atoms with Gasteiger partial charge in [0.05, 0.1) is 6.04 Å². The fraction of sp³-hybridized carbons (Fsp3) is 0.545. The fourth-order valence-electron chi connectivity index (χ4n) is 2.53. The third kappa shape index (κ3) is 2.20. The molecule has 0 saturated carbocycles. The summed E-state index contributed by atoms with van der Waals surface area (Å²) in [6.45, 7) is 1.96. The predicted octanol–water partition coefficient (Wildman–Crippen LogP) is -0.395. The molecular weight excluding hydrogens is 300 g/mol. The van der Waals surface area contributed by atoms with Crippen LogP contribution in [0.3, 0.4) is 0 Å². The molecule has 0 spiro atoms. The maximum Gasteiger partial charge on any atom is 0.317 e. The molecule has 2 aliphatic rings. The van der Waals surface area contributed by atoms with Crippen molar-refractivity contribution in [2.45, 2.75) is 16.8 Å². The largest absolute Gasteiger partial charge is 0.336 e. The first-order valence-electron chi connectivity index (χ1n) is 6.36. The van der Waals surface area contributed by atoms with Crippen LogP contribution in [0.5, 0.6) is 0 Å². The lowest BCUT2D eigenvalue weighted by atomic mass is 10.2. The van der Waals surface area contributed by atoms with Crippen LogP contribution >= 0.6 is 11.3 Å². The van der Waals surface area contributed by atoms with Crippen LogP contribution in [-0.4, -0.2) is 55.9 Å². The Kier molecular flexibility index (Phi) is 3.44. The number of nitrogens with one attached hydrogen (secondary N) is 1. The number of hydrogen-bond acceptors (Lipinski definition) is 5. The number of carbonyl (C=O) groups is 1. The van der Waals surface area contributed by atoms with Gasteiger partial charge in [0.25, 0.3) is 10.0 Å². The molecule has 0 bridgehead atoms. The summed E-state index contributed by atoms with van der Waals surface area (Å²) in [5.74, 6) is 0. The highest BCUT2D eigenvalue weighted by molar-refractivity contribution is 7.91. The van der Waals surface area contributed by atoms with Gasteiger partial charge in [-0.25, -0.2) is 13.2 Å². The lowest BCUT2D eigenvalue weighted by Crippen LogP contribution is -2.53. The van der Waals surface area contributed by atoms with E-state index < -0.39 is 10.0 Å². The van der Waals surface area contributed by atoms with Gasteiger partial charge in [0.2, 0.25) is 0 Å². The van der Waals surface area contributed by atoms with E-state index in [0.29, 0.717) is 36.9 Å². The van der Waals surface area contributed by atoms with Gasteiger partial charge >= 0.3 is 6.03 Å². The van der Waals surface area contributed by atoms with Crippen molar-refractivity contribution in [2.75, 3.05) is 26.2 Å². The monoisotopic (exact) mass is 316 g/mol. The second-order valence-electron chi connectivity index (χ2n) is 4.82. The van der Waals surface area contributed by atoms with Crippen molar-refractivity contribution in [2.24, 2.45) is 5.73 Å². The Morgan fingerprint density at radius 3 is 2.90 bits per heavy atom. The standard InChI is InChI=1S/C11H16N4O3S2/c12-5-9-1-2-10(19-9)20(17,18)14-3-4-15-8(7-14)6-13-11(15)16/h1-2,8H,3-7,12H2,(H,13,16). The third-order valence-corrected chi connectivity index (χ3v) is 7.07. The number of rotatable bonds is 3. The van der Waals surface area contributed by atoms with Gasteiger partial charge in [-0.2, -0.15) is 4.31 Å². The summed E-state index contributed by atoms with van der Waals surface area (Å²) in [6.07, 6.45) is 0. The van der Waals surface area contributed by atoms with Gasteiger partial charge in [-0.3, -0.25) is 0 Å². The molecule has 1 aromatic heterocycles. The van der Waals surface area contributed by atoms with E-state index >= 15 is 0 Å². The van der Waals surface area contributed by atoms with E-state index in [9.17, 15) is 13.2 Å². The molecule has 1 atom stereocenters. The highest BCUT2D eigenvalue weighted by Crippen LogP contribution is 2.27. The maximum absolute atomic E-state index is 12.6. The maximum atomic E-state index is 12.6. The number of nitrogens with two attached hydrogens (primary N) is 1. The van der Waals surface area contributed by atoms with Crippen molar-refractivity contribution in [1.29, 1.82) is 0 Å². The molecule has 0 aromatic carbocycles. The zero-order valence-electron chi connectivity index (χ0n) is 10.8. The van der Waals surface area contributed by atoms with E-state index in [0.717, 1.165) is 4.88 Å². The van der Waals surface area contributed by atoms with E-state index in [1.807, 2.05) is 0 Å². The molecule has 3 N–H and O–H groups in total. The Labute approximate surface area is 121 Å². The molecule has 110 valence electrons. The number of urea groups is 1. The van der Waals surface area contributed by atoms with Crippen LogP contribution in [0.15, 0.2) is 16.3 Å². The number of hydrogen-bond donors (Lipinski definition) is 2. The Morgan fingerprint density at radius 1 is 1.40 bits per heavy atom. The summed E-state index contributed by atoms with van der Waals surface area (Å²) in [6, 6.07) is 3.18. The van der Waals surface area contributed by atoms with Crippen molar-refractivity contribution >= 4 is 27.4 Å². The third-order valence-electron chi connectivity index (χ3n) is 3.63. The topological polar surface area (TPSA) is 95.7 Å². The molecule has 20 heavy (non-hydrogen) atoms. The van der Waals surface area contributed by atoms with Crippen LogP contribution < -0.4 is 11.1 Å². The molecule has 0 aliphatic carbocycles. The number of thiophene rings is 1. The average Bonchev–Trinajstić information content (AvgIpc) is 3.06. The number of carbonyl (C=O) groups excluding carboxylic acids is 1. The first-order chi connectivity index (χ1) is 9.52. The molecule has 3 rings (SSSR count). The van der Waals surface area contributed by atoms with Crippen LogP contribution in [0.1, 0.15) is 4.88 Å². The summed E-state index contributed by atoms with van der Waals surface area (Å²) >= 11 is 1.21. The van der Waals surface area contributed by atoms with Crippen molar-refractivity contribution in [3.63, 3.8) is 0 Å². The Hall–Kier alpha value is -1.16. The Bertz CT molecular complexity index is 627. The molecule has 1 aromatic rings. The number of fused-ring (bicyclic) bond motifs is 1. The second-order valence-corrected chi connectivity index (χ2v) is 8.15. The van der Waals surface area contributed by atoms with Crippen molar-refractivity contribution < 1.29 is 13.2 Å². The number of amides is 2. The quantitative estimate of drug-likeness (QED) is 0.793. The smallest absolute Gasteiger partial charge is 0.317 e. The number of sulfonamides is 1. The molecule has 2 saturated heterocycles. The normalized spacial score (nSPS) is 23.8. The molecule has 2 amide bonds. The van der Waals surface area contributed by atoms with Crippen molar-refractivity contribution in [3.8, 4) is 0 Å². The molecule has 1 unspecified atom stereocenters. The minimum atomic E-state index is -3.48. The van der Waals surface area contributed by atoms with E-state index in [-0.39, 0.29) is 12.1 Å². The van der Waals surface area contributed by atoms with E-state index in [1.165, 1.54) is 15.6 Å². The highest BCUT2D eigenvalue weighted by Gasteiger charge is 2.39.